The van der Waals surface area contributed by atoms with E-state index in [4.69, 9.17) is 4.98 Å². The molecule has 0 atom stereocenters. The number of aromatic nitrogens is 3. The molecule has 0 aliphatic heterocycles. The molecule has 0 saturated carbocycles. The molecule has 54 heavy (non-hydrogen) atoms. The van der Waals surface area contributed by atoms with E-state index in [9.17, 15) is 0 Å². The van der Waals surface area contributed by atoms with Crippen LogP contribution in [0.25, 0.3) is 45.0 Å². The lowest BCUT2D eigenvalue weighted by Crippen LogP contribution is -2.26. The number of rotatable bonds is 15. The van der Waals surface area contributed by atoms with E-state index >= 15 is 0 Å². The van der Waals surface area contributed by atoms with Gasteiger partial charge >= 0.3 is 0 Å². The monoisotopic (exact) mass is 712 g/mol. The second-order valence-electron chi connectivity index (χ2n) is 16.2. The number of anilines is 2. The fraction of sp³-hybridized carbons (Fsp3) is 0.340. The van der Waals surface area contributed by atoms with Crippen LogP contribution in [0.1, 0.15) is 116 Å². The topological polar surface area (TPSA) is 50.7 Å². The van der Waals surface area contributed by atoms with Gasteiger partial charge in [0.05, 0.1) is 22.8 Å². The summed E-state index contributed by atoms with van der Waals surface area (Å²) in [5.41, 5.74) is 15.3. The quantitative estimate of drug-likeness (QED) is 0.108. The van der Waals surface area contributed by atoms with Crippen molar-refractivity contribution in [3.63, 3.8) is 0 Å². The van der Waals surface area contributed by atoms with Gasteiger partial charge in [-0.25, -0.2) is 4.98 Å². The first-order valence-corrected chi connectivity index (χ1v) is 20.3. The molecule has 1 aliphatic carbocycles. The predicted molar refractivity (Wildman–Crippen MR) is 228 cm³/mol. The van der Waals surface area contributed by atoms with Gasteiger partial charge in [0.25, 0.3) is 0 Å². The maximum Gasteiger partial charge on any atom is 0.0900 e. The molecule has 276 valence electrons. The van der Waals surface area contributed by atoms with Crippen molar-refractivity contribution in [3.8, 4) is 45.0 Å². The third-order valence-electron chi connectivity index (χ3n) is 11.3. The van der Waals surface area contributed by atoms with Crippen molar-refractivity contribution in [2.45, 2.75) is 110 Å². The van der Waals surface area contributed by atoms with Crippen LogP contribution in [-0.4, -0.2) is 15.0 Å². The molecule has 0 saturated heterocycles. The van der Waals surface area contributed by atoms with Crippen LogP contribution < -0.4 is 5.32 Å². The van der Waals surface area contributed by atoms with Crippen LogP contribution in [0.4, 0.5) is 11.4 Å². The molecule has 0 amide bonds. The Morgan fingerprint density at radius 2 is 1.07 bits per heavy atom. The number of nitrogens with zero attached hydrogens (tertiary/aromatic N) is 3. The van der Waals surface area contributed by atoms with Gasteiger partial charge in [0.2, 0.25) is 0 Å². The third-order valence-corrected chi connectivity index (χ3v) is 11.3. The molecule has 0 fully saturated rings. The second-order valence-corrected chi connectivity index (χ2v) is 16.2. The van der Waals surface area contributed by atoms with Crippen molar-refractivity contribution in [2.75, 3.05) is 5.32 Å². The average Bonchev–Trinajstić information content (AvgIpc) is 3.46. The molecule has 1 N–H and O–H groups in total. The van der Waals surface area contributed by atoms with Gasteiger partial charge in [0.15, 0.2) is 0 Å². The van der Waals surface area contributed by atoms with Gasteiger partial charge in [-0.15, -0.1) is 0 Å². The number of pyridine rings is 3. The highest BCUT2D eigenvalue weighted by atomic mass is 14.9. The van der Waals surface area contributed by atoms with E-state index in [0.29, 0.717) is 0 Å². The molecular weight excluding hydrogens is 657 g/mol. The highest BCUT2D eigenvalue weighted by Gasteiger charge is 2.43. The van der Waals surface area contributed by atoms with E-state index in [2.05, 4.69) is 123 Å². The molecule has 1 aliphatic rings. The summed E-state index contributed by atoms with van der Waals surface area (Å²) in [5.74, 6) is 0. The van der Waals surface area contributed by atoms with Gasteiger partial charge in [0, 0.05) is 29.2 Å². The first kappa shape index (κ1) is 37.2. The molecule has 3 aromatic heterocycles. The molecule has 0 spiro atoms. The number of hydrogen-bond acceptors (Lipinski definition) is 4. The fourth-order valence-corrected chi connectivity index (χ4v) is 8.31. The van der Waals surface area contributed by atoms with E-state index in [0.717, 1.165) is 45.3 Å². The van der Waals surface area contributed by atoms with Gasteiger partial charge in [-0.1, -0.05) is 135 Å². The molecule has 0 bridgehead atoms. The van der Waals surface area contributed by atoms with Crippen molar-refractivity contribution >= 4 is 11.4 Å². The lowest BCUT2D eigenvalue weighted by Gasteiger charge is -2.34. The van der Waals surface area contributed by atoms with Crippen LogP contribution >= 0.6 is 0 Å². The standard InChI is InChI=1S/C50H56N4/c1-6-8-10-14-28-50(29-15-11-9-7-2)43-34-38(49(3,4)5)22-26-41(43)42-27-25-40(35-44(42)50)53-39-23-20-36(21-24-39)37-32-47(45-18-12-16-30-51-45)54-48(33-37)46-19-13-17-31-52-46/h12-13,16-27,30-35,53H,6-11,14-15,28-29H2,1-5H3. The minimum atomic E-state index is 0.0347. The van der Waals surface area contributed by atoms with Crippen LogP contribution in [0.15, 0.2) is 122 Å². The summed E-state index contributed by atoms with van der Waals surface area (Å²) in [4.78, 5) is 14.2. The summed E-state index contributed by atoms with van der Waals surface area (Å²) in [6, 6.07) is 39.5. The number of benzene rings is 3. The van der Waals surface area contributed by atoms with Gasteiger partial charge in [-0.3, -0.25) is 9.97 Å². The Morgan fingerprint density at radius 3 is 1.61 bits per heavy atom. The highest BCUT2D eigenvalue weighted by molar-refractivity contribution is 5.84. The highest BCUT2D eigenvalue weighted by Crippen LogP contribution is 2.55. The lowest BCUT2D eigenvalue weighted by atomic mass is 9.69. The summed E-state index contributed by atoms with van der Waals surface area (Å²) in [6.45, 7) is 11.7. The zero-order valence-corrected chi connectivity index (χ0v) is 33.0. The van der Waals surface area contributed by atoms with Gasteiger partial charge in [-0.2, -0.15) is 0 Å². The van der Waals surface area contributed by atoms with Crippen molar-refractivity contribution < 1.29 is 0 Å². The summed E-state index contributed by atoms with van der Waals surface area (Å²) >= 11 is 0. The van der Waals surface area contributed by atoms with Crippen molar-refractivity contribution in [3.05, 3.63) is 138 Å². The third kappa shape index (κ3) is 8.04. The summed E-state index contributed by atoms with van der Waals surface area (Å²) in [6.07, 6.45) is 16.3. The van der Waals surface area contributed by atoms with Crippen LogP contribution in [0.5, 0.6) is 0 Å². The zero-order chi connectivity index (χ0) is 37.5. The predicted octanol–water partition coefficient (Wildman–Crippen LogP) is 14.1. The smallest absolute Gasteiger partial charge is 0.0900 e. The molecule has 7 rings (SSSR count). The first-order valence-electron chi connectivity index (χ1n) is 20.3. The molecule has 6 aromatic rings. The Bertz CT molecular complexity index is 2080. The molecule has 4 nitrogen and oxygen atoms in total. The molecular formula is C50H56N4. The summed E-state index contributed by atoms with van der Waals surface area (Å²) in [7, 11) is 0. The molecule has 3 heterocycles. The van der Waals surface area contributed by atoms with Crippen LogP contribution in [-0.2, 0) is 10.8 Å². The minimum Gasteiger partial charge on any atom is -0.356 e. The maximum absolute atomic E-state index is 4.96. The van der Waals surface area contributed by atoms with Gasteiger partial charge in [0.1, 0.15) is 0 Å². The molecule has 4 heteroatoms. The summed E-state index contributed by atoms with van der Waals surface area (Å²) in [5, 5.41) is 3.81. The second kappa shape index (κ2) is 16.5. The minimum absolute atomic E-state index is 0.0347. The van der Waals surface area contributed by atoms with Gasteiger partial charge < -0.3 is 5.32 Å². The van der Waals surface area contributed by atoms with E-state index in [1.165, 1.54) is 86.5 Å². The molecule has 0 unspecified atom stereocenters. The average molecular weight is 713 g/mol. The van der Waals surface area contributed by atoms with Crippen molar-refractivity contribution in [1.82, 2.24) is 15.0 Å². The van der Waals surface area contributed by atoms with E-state index in [1.54, 1.807) is 5.56 Å². The fourth-order valence-electron chi connectivity index (χ4n) is 8.31. The van der Waals surface area contributed by atoms with E-state index in [1.807, 2.05) is 48.8 Å². The molecule has 3 aromatic carbocycles. The SMILES string of the molecule is CCCCCCC1(CCCCCC)c2cc(Nc3ccc(-c4cc(-c5ccccn5)nc(-c5ccccn5)c4)cc3)ccc2-c2ccc(C(C)(C)C)cc21. The Kier molecular flexibility index (Phi) is 11.4. The maximum atomic E-state index is 4.96. The number of unbranched alkanes of at least 4 members (excludes halogenated alkanes) is 6. The van der Waals surface area contributed by atoms with Crippen LogP contribution in [0, 0.1) is 0 Å². The zero-order valence-electron chi connectivity index (χ0n) is 33.0. The first-order chi connectivity index (χ1) is 26.3. The summed E-state index contributed by atoms with van der Waals surface area (Å²) < 4.78 is 0. The number of nitrogens with one attached hydrogen (secondary N) is 1. The van der Waals surface area contributed by atoms with Crippen molar-refractivity contribution in [2.24, 2.45) is 0 Å². The Morgan fingerprint density at radius 1 is 0.519 bits per heavy atom. The Hall–Kier alpha value is -5.09. The lowest BCUT2D eigenvalue weighted by molar-refractivity contribution is 0.400. The normalized spacial score (nSPS) is 13.1. The largest absolute Gasteiger partial charge is 0.356 e. The molecule has 0 radical (unpaired) electrons. The number of hydrogen-bond donors (Lipinski definition) is 1. The van der Waals surface area contributed by atoms with Gasteiger partial charge in [-0.05, 0) is 118 Å². The van der Waals surface area contributed by atoms with Crippen LogP contribution in [0.2, 0.25) is 0 Å². The Balaban J connectivity index is 1.22. The van der Waals surface area contributed by atoms with Crippen LogP contribution in [0.3, 0.4) is 0 Å². The van der Waals surface area contributed by atoms with E-state index in [-0.39, 0.29) is 10.8 Å². The van der Waals surface area contributed by atoms with E-state index < -0.39 is 0 Å². The Labute approximate surface area is 323 Å². The van der Waals surface area contributed by atoms with Crippen molar-refractivity contribution in [1.29, 1.82) is 0 Å². The number of fused-ring (bicyclic) bond motifs is 3.